The van der Waals surface area contributed by atoms with E-state index in [9.17, 15) is 14.0 Å². The van der Waals surface area contributed by atoms with Gasteiger partial charge < -0.3 is 0 Å². The lowest BCUT2D eigenvalue weighted by Gasteiger charge is -2.10. The van der Waals surface area contributed by atoms with E-state index in [1.54, 1.807) is 18.2 Å². The molecule has 3 heteroatoms. The molecule has 0 aliphatic rings. The number of carbonyl (C=O) groups is 2. The first-order valence-corrected chi connectivity index (χ1v) is 6.40. The number of aryl methyl sites for hydroxylation is 1. The minimum Gasteiger partial charge on any atom is -0.293 e. The molecule has 0 saturated heterocycles. The Hall–Kier alpha value is -2.29. The standard InChI is InChI=1S/C17H15FO2/c1-11-7-9-13(10-8-11)16(19)12(2)17(20)14-5-3-4-6-15(14)18/h3-10,12H,1-2H3. The molecule has 0 aromatic heterocycles. The number of carbonyl (C=O) groups excluding carboxylic acids is 2. The number of hydrogen-bond acceptors (Lipinski definition) is 2. The molecule has 1 unspecified atom stereocenters. The molecular formula is C17H15FO2. The summed E-state index contributed by atoms with van der Waals surface area (Å²) in [5, 5.41) is 0. The summed E-state index contributed by atoms with van der Waals surface area (Å²) in [6.07, 6.45) is 0. The van der Waals surface area contributed by atoms with Crippen LogP contribution < -0.4 is 0 Å². The molecule has 1 atom stereocenters. The van der Waals surface area contributed by atoms with Crippen molar-refractivity contribution < 1.29 is 14.0 Å². The Balaban J connectivity index is 2.25. The van der Waals surface area contributed by atoms with E-state index in [2.05, 4.69) is 0 Å². The van der Waals surface area contributed by atoms with Crippen LogP contribution in [0.15, 0.2) is 48.5 Å². The van der Waals surface area contributed by atoms with Crippen molar-refractivity contribution in [1.82, 2.24) is 0 Å². The topological polar surface area (TPSA) is 34.1 Å². The van der Waals surface area contributed by atoms with Gasteiger partial charge in [0.05, 0.1) is 11.5 Å². The fourth-order valence-corrected chi connectivity index (χ4v) is 1.98. The van der Waals surface area contributed by atoms with E-state index < -0.39 is 17.5 Å². The van der Waals surface area contributed by atoms with E-state index in [0.717, 1.165) is 5.56 Å². The Morgan fingerprint density at radius 3 is 2.15 bits per heavy atom. The molecule has 2 rings (SSSR count). The molecule has 0 aliphatic carbocycles. The molecule has 0 heterocycles. The lowest BCUT2D eigenvalue weighted by atomic mass is 9.91. The van der Waals surface area contributed by atoms with E-state index in [1.807, 2.05) is 19.1 Å². The highest BCUT2D eigenvalue weighted by molar-refractivity contribution is 6.15. The van der Waals surface area contributed by atoms with E-state index in [0.29, 0.717) is 5.56 Å². The van der Waals surface area contributed by atoms with Crippen LogP contribution >= 0.6 is 0 Å². The van der Waals surface area contributed by atoms with Crippen LogP contribution in [0.25, 0.3) is 0 Å². The van der Waals surface area contributed by atoms with Crippen molar-refractivity contribution in [2.24, 2.45) is 5.92 Å². The zero-order chi connectivity index (χ0) is 14.7. The van der Waals surface area contributed by atoms with E-state index >= 15 is 0 Å². The third-order valence-electron chi connectivity index (χ3n) is 3.26. The van der Waals surface area contributed by atoms with Crippen LogP contribution in [0.1, 0.15) is 33.2 Å². The van der Waals surface area contributed by atoms with E-state index in [1.165, 1.54) is 25.1 Å². The van der Waals surface area contributed by atoms with Crippen LogP contribution in [0.5, 0.6) is 0 Å². The molecule has 0 spiro atoms. The van der Waals surface area contributed by atoms with Gasteiger partial charge in [-0.15, -0.1) is 0 Å². The summed E-state index contributed by atoms with van der Waals surface area (Å²) < 4.78 is 13.6. The molecule has 0 fully saturated rings. The first-order valence-electron chi connectivity index (χ1n) is 6.40. The predicted molar refractivity (Wildman–Crippen MR) is 75.4 cm³/mol. The van der Waals surface area contributed by atoms with Crippen molar-refractivity contribution in [2.75, 3.05) is 0 Å². The summed E-state index contributed by atoms with van der Waals surface area (Å²) in [6.45, 7) is 3.43. The molecule has 0 bridgehead atoms. The van der Waals surface area contributed by atoms with Gasteiger partial charge >= 0.3 is 0 Å². The van der Waals surface area contributed by atoms with Gasteiger partial charge in [-0.2, -0.15) is 0 Å². The number of hydrogen-bond donors (Lipinski definition) is 0. The van der Waals surface area contributed by atoms with Crippen molar-refractivity contribution in [3.63, 3.8) is 0 Å². The summed E-state index contributed by atoms with van der Waals surface area (Å²) in [6, 6.07) is 12.7. The van der Waals surface area contributed by atoms with Crippen LogP contribution in [0.2, 0.25) is 0 Å². The smallest absolute Gasteiger partial charge is 0.176 e. The molecule has 0 aliphatic heterocycles. The molecular weight excluding hydrogens is 255 g/mol. The molecule has 2 nitrogen and oxygen atoms in total. The van der Waals surface area contributed by atoms with Gasteiger partial charge in [0.2, 0.25) is 0 Å². The van der Waals surface area contributed by atoms with Crippen molar-refractivity contribution in [3.8, 4) is 0 Å². The van der Waals surface area contributed by atoms with Crippen LogP contribution in [0.3, 0.4) is 0 Å². The minimum atomic E-state index is -0.894. The highest BCUT2D eigenvalue weighted by Crippen LogP contribution is 2.17. The Morgan fingerprint density at radius 2 is 1.55 bits per heavy atom. The molecule has 0 N–H and O–H groups in total. The summed E-state index contributed by atoms with van der Waals surface area (Å²) in [7, 11) is 0. The first-order chi connectivity index (χ1) is 9.50. The van der Waals surface area contributed by atoms with Gasteiger partial charge in [0.15, 0.2) is 11.6 Å². The van der Waals surface area contributed by atoms with Crippen LogP contribution in [0.4, 0.5) is 4.39 Å². The lowest BCUT2D eigenvalue weighted by Crippen LogP contribution is -2.22. The minimum absolute atomic E-state index is 0.0412. The molecule has 2 aromatic carbocycles. The average molecular weight is 270 g/mol. The zero-order valence-electron chi connectivity index (χ0n) is 11.4. The van der Waals surface area contributed by atoms with Crippen molar-refractivity contribution >= 4 is 11.6 Å². The van der Waals surface area contributed by atoms with Gasteiger partial charge in [-0.1, -0.05) is 42.0 Å². The van der Waals surface area contributed by atoms with Crippen molar-refractivity contribution in [1.29, 1.82) is 0 Å². The van der Waals surface area contributed by atoms with Crippen LogP contribution in [-0.4, -0.2) is 11.6 Å². The Bertz CT molecular complexity index is 644. The monoisotopic (exact) mass is 270 g/mol. The SMILES string of the molecule is Cc1ccc(C(=O)C(C)C(=O)c2ccccc2F)cc1. The highest BCUT2D eigenvalue weighted by Gasteiger charge is 2.25. The quantitative estimate of drug-likeness (QED) is 0.625. The number of benzene rings is 2. The number of halogens is 1. The number of Topliss-reactive ketones (excluding diaryl/α,β-unsaturated/α-hetero) is 2. The van der Waals surface area contributed by atoms with Crippen LogP contribution in [-0.2, 0) is 0 Å². The molecule has 0 amide bonds. The molecule has 20 heavy (non-hydrogen) atoms. The molecule has 0 radical (unpaired) electrons. The number of ketones is 2. The average Bonchev–Trinajstić information content (AvgIpc) is 2.46. The van der Waals surface area contributed by atoms with Gasteiger partial charge in [-0.3, -0.25) is 9.59 Å². The van der Waals surface area contributed by atoms with Crippen molar-refractivity contribution in [3.05, 3.63) is 71.0 Å². The Morgan fingerprint density at radius 1 is 0.950 bits per heavy atom. The fourth-order valence-electron chi connectivity index (χ4n) is 1.98. The van der Waals surface area contributed by atoms with Crippen molar-refractivity contribution in [2.45, 2.75) is 13.8 Å². The molecule has 2 aromatic rings. The largest absolute Gasteiger partial charge is 0.293 e. The maximum atomic E-state index is 13.6. The van der Waals surface area contributed by atoms with Gasteiger partial charge in [-0.25, -0.2) is 4.39 Å². The second-order valence-electron chi connectivity index (χ2n) is 4.80. The lowest BCUT2D eigenvalue weighted by molar-refractivity contribution is 0.0818. The summed E-state index contributed by atoms with van der Waals surface area (Å²) in [5.74, 6) is -2.28. The summed E-state index contributed by atoms with van der Waals surface area (Å²) >= 11 is 0. The number of rotatable bonds is 4. The summed E-state index contributed by atoms with van der Waals surface area (Å²) in [5.41, 5.74) is 1.46. The zero-order valence-corrected chi connectivity index (χ0v) is 11.4. The Kier molecular flexibility index (Phi) is 4.08. The van der Waals surface area contributed by atoms with E-state index in [-0.39, 0.29) is 11.3 Å². The second kappa shape index (κ2) is 5.78. The van der Waals surface area contributed by atoms with E-state index in [4.69, 9.17) is 0 Å². The maximum absolute atomic E-state index is 13.6. The second-order valence-corrected chi connectivity index (χ2v) is 4.80. The third-order valence-corrected chi connectivity index (χ3v) is 3.26. The van der Waals surface area contributed by atoms with Gasteiger partial charge in [0.1, 0.15) is 5.82 Å². The third kappa shape index (κ3) is 2.82. The predicted octanol–water partition coefficient (Wildman–Crippen LogP) is 3.84. The molecule has 0 saturated carbocycles. The van der Waals surface area contributed by atoms with Gasteiger partial charge in [0.25, 0.3) is 0 Å². The fraction of sp³-hybridized carbons (Fsp3) is 0.176. The van der Waals surface area contributed by atoms with Gasteiger partial charge in [-0.05, 0) is 26.0 Å². The molecule has 102 valence electrons. The summed E-state index contributed by atoms with van der Waals surface area (Å²) in [4.78, 5) is 24.4. The normalized spacial score (nSPS) is 11.9. The Labute approximate surface area is 117 Å². The maximum Gasteiger partial charge on any atom is 0.176 e. The van der Waals surface area contributed by atoms with Crippen LogP contribution in [0, 0.1) is 18.7 Å². The highest BCUT2D eigenvalue weighted by atomic mass is 19.1. The van der Waals surface area contributed by atoms with Gasteiger partial charge in [0, 0.05) is 5.56 Å². The first kappa shape index (κ1) is 14.1.